The first-order chi connectivity index (χ1) is 10.7. The van der Waals surface area contributed by atoms with Crippen molar-refractivity contribution >= 4 is 34.5 Å². The topological polar surface area (TPSA) is 59.2 Å². The monoisotopic (exact) mass is 315 g/mol. The Morgan fingerprint density at radius 1 is 1.41 bits per heavy atom. The van der Waals surface area contributed by atoms with Gasteiger partial charge in [-0.05, 0) is 37.1 Å². The van der Waals surface area contributed by atoms with Gasteiger partial charge in [0.1, 0.15) is 0 Å². The molecule has 1 fully saturated rings. The number of aromatic nitrogens is 1. The van der Waals surface area contributed by atoms with E-state index in [2.05, 4.69) is 4.98 Å². The molecule has 4 nitrogen and oxygen atoms in total. The first-order valence-electron chi connectivity index (χ1n) is 7.42. The number of amides is 1. The van der Waals surface area contributed by atoms with Crippen LogP contribution in [-0.4, -0.2) is 34.9 Å². The molecule has 1 atom stereocenters. The highest BCUT2D eigenvalue weighted by Gasteiger charge is 2.25. The largest absolute Gasteiger partial charge is 0.335 e. The van der Waals surface area contributed by atoms with Crippen LogP contribution in [0.15, 0.2) is 36.4 Å². The van der Waals surface area contributed by atoms with Gasteiger partial charge in [0.15, 0.2) is 0 Å². The molecule has 0 saturated carbocycles. The second-order valence-electron chi connectivity index (χ2n) is 5.47. The van der Waals surface area contributed by atoms with Crippen LogP contribution >= 0.6 is 11.6 Å². The van der Waals surface area contributed by atoms with Crippen LogP contribution in [0.2, 0.25) is 5.02 Å². The molecule has 1 amide bonds. The third-order valence-corrected chi connectivity index (χ3v) is 4.24. The summed E-state index contributed by atoms with van der Waals surface area (Å²) < 4.78 is 0. The maximum Gasteiger partial charge on any atom is 0.246 e. The van der Waals surface area contributed by atoms with Crippen molar-refractivity contribution in [3.8, 4) is 0 Å². The van der Waals surface area contributed by atoms with Crippen LogP contribution in [0.4, 0.5) is 0 Å². The lowest BCUT2D eigenvalue weighted by atomic mass is 10.2. The van der Waals surface area contributed by atoms with Gasteiger partial charge >= 0.3 is 0 Å². The molecule has 1 aliphatic heterocycles. The SMILES string of the molecule is NCC1CCCN1C(=O)/C=C/c1ccc2ccc(Cl)cc2n1. The summed E-state index contributed by atoms with van der Waals surface area (Å²) in [6.45, 7) is 1.30. The van der Waals surface area contributed by atoms with Crippen LogP contribution in [0, 0.1) is 0 Å². The Kier molecular flexibility index (Phi) is 4.41. The van der Waals surface area contributed by atoms with E-state index in [0.717, 1.165) is 36.0 Å². The molecule has 1 aromatic carbocycles. The fraction of sp³-hybridized carbons (Fsp3) is 0.294. The number of pyridine rings is 1. The first kappa shape index (κ1) is 15.0. The van der Waals surface area contributed by atoms with E-state index < -0.39 is 0 Å². The third kappa shape index (κ3) is 3.13. The number of carbonyl (C=O) groups excluding carboxylic acids is 1. The number of fused-ring (bicyclic) bond motifs is 1. The summed E-state index contributed by atoms with van der Waals surface area (Å²) in [5.41, 5.74) is 7.27. The molecule has 0 radical (unpaired) electrons. The van der Waals surface area contributed by atoms with E-state index in [1.807, 2.05) is 35.2 Å². The van der Waals surface area contributed by atoms with Crippen molar-refractivity contribution in [2.45, 2.75) is 18.9 Å². The minimum absolute atomic E-state index is 0.000871. The highest BCUT2D eigenvalue weighted by atomic mass is 35.5. The summed E-state index contributed by atoms with van der Waals surface area (Å²) in [7, 11) is 0. The van der Waals surface area contributed by atoms with Crippen molar-refractivity contribution in [1.82, 2.24) is 9.88 Å². The molecule has 1 saturated heterocycles. The van der Waals surface area contributed by atoms with E-state index in [4.69, 9.17) is 17.3 Å². The second kappa shape index (κ2) is 6.46. The zero-order valence-corrected chi connectivity index (χ0v) is 13.0. The lowest BCUT2D eigenvalue weighted by molar-refractivity contribution is -0.126. The molecule has 2 N–H and O–H groups in total. The van der Waals surface area contributed by atoms with Crippen molar-refractivity contribution in [2.75, 3.05) is 13.1 Å². The number of likely N-dealkylation sites (tertiary alicyclic amines) is 1. The summed E-state index contributed by atoms with van der Waals surface area (Å²) >= 11 is 5.99. The summed E-state index contributed by atoms with van der Waals surface area (Å²) in [4.78, 5) is 18.6. The second-order valence-corrected chi connectivity index (χ2v) is 5.91. The lowest BCUT2D eigenvalue weighted by Gasteiger charge is -2.21. The third-order valence-electron chi connectivity index (χ3n) is 4.00. The molecule has 114 valence electrons. The summed E-state index contributed by atoms with van der Waals surface area (Å²) in [5, 5.41) is 1.68. The number of halogens is 1. The molecule has 2 aromatic rings. The zero-order chi connectivity index (χ0) is 15.5. The van der Waals surface area contributed by atoms with Crippen LogP contribution in [0.1, 0.15) is 18.5 Å². The van der Waals surface area contributed by atoms with Crippen LogP contribution < -0.4 is 5.73 Å². The van der Waals surface area contributed by atoms with Crippen molar-refractivity contribution in [3.63, 3.8) is 0 Å². The minimum Gasteiger partial charge on any atom is -0.335 e. The van der Waals surface area contributed by atoms with E-state index in [1.54, 1.807) is 12.2 Å². The Morgan fingerprint density at radius 3 is 3.05 bits per heavy atom. The Labute approximate surface area is 134 Å². The molecular weight excluding hydrogens is 298 g/mol. The molecule has 1 unspecified atom stereocenters. The van der Waals surface area contributed by atoms with Crippen molar-refractivity contribution in [1.29, 1.82) is 0 Å². The minimum atomic E-state index is 0.000871. The molecule has 1 aliphatic rings. The van der Waals surface area contributed by atoms with E-state index in [0.29, 0.717) is 11.6 Å². The number of rotatable bonds is 3. The number of nitrogens with two attached hydrogens (primary N) is 1. The number of carbonyl (C=O) groups is 1. The predicted octanol–water partition coefficient (Wildman–Crippen LogP) is 2.85. The van der Waals surface area contributed by atoms with Gasteiger partial charge in [0.2, 0.25) is 5.91 Å². The molecule has 0 aliphatic carbocycles. The summed E-state index contributed by atoms with van der Waals surface area (Å²) in [5.74, 6) is 0.000871. The van der Waals surface area contributed by atoms with Gasteiger partial charge in [-0.1, -0.05) is 23.7 Å². The van der Waals surface area contributed by atoms with Gasteiger partial charge in [0.25, 0.3) is 0 Å². The van der Waals surface area contributed by atoms with Crippen LogP contribution in [0.25, 0.3) is 17.0 Å². The quantitative estimate of drug-likeness (QED) is 0.886. The van der Waals surface area contributed by atoms with E-state index >= 15 is 0 Å². The molecule has 22 heavy (non-hydrogen) atoms. The Morgan fingerprint density at radius 2 is 2.23 bits per heavy atom. The predicted molar refractivity (Wildman–Crippen MR) is 89.6 cm³/mol. The molecule has 5 heteroatoms. The fourth-order valence-corrected chi connectivity index (χ4v) is 2.99. The average Bonchev–Trinajstić information content (AvgIpc) is 3.00. The van der Waals surface area contributed by atoms with E-state index in [-0.39, 0.29) is 11.9 Å². The van der Waals surface area contributed by atoms with Gasteiger partial charge in [0, 0.05) is 35.6 Å². The van der Waals surface area contributed by atoms with Gasteiger partial charge in [-0.3, -0.25) is 4.79 Å². The number of benzene rings is 1. The Bertz CT molecular complexity index is 729. The number of hydrogen-bond donors (Lipinski definition) is 1. The van der Waals surface area contributed by atoms with Gasteiger partial charge in [-0.2, -0.15) is 0 Å². The average molecular weight is 316 g/mol. The fourth-order valence-electron chi connectivity index (χ4n) is 2.82. The number of nitrogens with zero attached hydrogens (tertiary/aromatic N) is 2. The Balaban J connectivity index is 1.78. The van der Waals surface area contributed by atoms with E-state index in [9.17, 15) is 4.79 Å². The van der Waals surface area contributed by atoms with Crippen molar-refractivity contribution < 1.29 is 4.79 Å². The maximum absolute atomic E-state index is 12.2. The van der Waals surface area contributed by atoms with Gasteiger partial charge in [-0.15, -0.1) is 0 Å². The highest BCUT2D eigenvalue weighted by Crippen LogP contribution is 2.19. The van der Waals surface area contributed by atoms with Gasteiger partial charge in [-0.25, -0.2) is 4.98 Å². The standard InChI is InChI=1S/C17H18ClN3O/c18-13-5-3-12-4-6-14(20-16(12)10-13)7-8-17(22)21-9-1-2-15(21)11-19/h3-8,10,15H,1-2,9,11,19H2/b8-7+. The van der Waals surface area contributed by atoms with Gasteiger partial charge < -0.3 is 10.6 Å². The Hall–Kier alpha value is -1.91. The molecule has 1 aromatic heterocycles. The van der Waals surface area contributed by atoms with Gasteiger partial charge in [0.05, 0.1) is 11.2 Å². The van der Waals surface area contributed by atoms with Crippen LogP contribution in [0.5, 0.6) is 0 Å². The summed E-state index contributed by atoms with van der Waals surface area (Å²) in [6, 6.07) is 9.62. The van der Waals surface area contributed by atoms with Crippen LogP contribution in [0.3, 0.4) is 0 Å². The van der Waals surface area contributed by atoms with Crippen molar-refractivity contribution in [2.24, 2.45) is 5.73 Å². The molecule has 2 heterocycles. The van der Waals surface area contributed by atoms with Crippen LogP contribution in [-0.2, 0) is 4.79 Å². The molecule has 0 spiro atoms. The molecule has 3 rings (SSSR count). The van der Waals surface area contributed by atoms with E-state index in [1.165, 1.54) is 0 Å². The maximum atomic E-state index is 12.2. The summed E-state index contributed by atoms with van der Waals surface area (Å²) in [6.07, 6.45) is 5.33. The first-order valence-corrected chi connectivity index (χ1v) is 7.80. The molecular formula is C17H18ClN3O. The smallest absolute Gasteiger partial charge is 0.246 e. The number of hydrogen-bond acceptors (Lipinski definition) is 3. The normalized spacial score (nSPS) is 18.5. The lowest BCUT2D eigenvalue weighted by Crippen LogP contribution is -2.38. The highest BCUT2D eigenvalue weighted by molar-refractivity contribution is 6.31. The molecule has 0 bridgehead atoms. The van der Waals surface area contributed by atoms with Crippen molar-refractivity contribution in [3.05, 3.63) is 47.1 Å². The zero-order valence-electron chi connectivity index (χ0n) is 12.2.